The van der Waals surface area contributed by atoms with E-state index in [1.165, 1.54) is 6.42 Å². The van der Waals surface area contributed by atoms with Crippen LogP contribution in [0.25, 0.3) is 11.3 Å². The summed E-state index contributed by atoms with van der Waals surface area (Å²) in [6.45, 7) is 5.77. The van der Waals surface area contributed by atoms with Gasteiger partial charge in [0.25, 0.3) is 5.91 Å². The Hall–Kier alpha value is -2.34. The van der Waals surface area contributed by atoms with Gasteiger partial charge in [0, 0.05) is 29.7 Å². The smallest absolute Gasteiger partial charge is 0.272 e. The molecule has 7 heteroatoms. The summed E-state index contributed by atoms with van der Waals surface area (Å²) in [7, 11) is 0. The van der Waals surface area contributed by atoms with Crippen LogP contribution >= 0.6 is 11.6 Å². The minimum Gasteiger partial charge on any atom is -0.338 e. The molecule has 0 radical (unpaired) electrons. The number of benzene rings is 1. The third-order valence-electron chi connectivity index (χ3n) is 6.75. The number of halogens is 1. The van der Waals surface area contributed by atoms with Gasteiger partial charge in [0.05, 0.1) is 11.7 Å². The summed E-state index contributed by atoms with van der Waals surface area (Å²) in [5.41, 5.74) is 2.27. The normalized spacial score (nSPS) is 21.0. The fourth-order valence-corrected chi connectivity index (χ4v) is 5.00. The number of amides is 2. The second kappa shape index (κ2) is 10.1. The Kier molecular flexibility index (Phi) is 7.19. The molecule has 0 N–H and O–H groups in total. The number of fused-ring (bicyclic) bond motifs is 1. The number of piperidine rings is 1. The van der Waals surface area contributed by atoms with Crippen LogP contribution in [-0.4, -0.2) is 57.1 Å². The molecular weight excluding hydrogens is 424 g/mol. The van der Waals surface area contributed by atoms with Crippen LogP contribution in [0.5, 0.6) is 0 Å². The third kappa shape index (κ3) is 4.85. The Labute approximate surface area is 195 Å². The molecular formula is C25H33ClN4O2. The highest BCUT2D eigenvalue weighted by molar-refractivity contribution is 6.30. The van der Waals surface area contributed by atoms with E-state index in [-0.39, 0.29) is 30.4 Å². The maximum Gasteiger partial charge on any atom is 0.272 e. The lowest BCUT2D eigenvalue weighted by Gasteiger charge is -2.37. The van der Waals surface area contributed by atoms with Gasteiger partial charge in [-0.1, -0.05) is 49.9 Å². The zero-order chi connectivity index (χ0) is 22.7. The number of likely N-dealkylation sites (tertiary alicyclic amines) is 1. The van der Waals surface area contributed by atoms with Gasteiger partial charge in [0.1, 0.15) is 12.2 Å². The molecule has 2 aromatic rings. The van der Waals surface area contributed by atoms with Gasteiger partial charge in [0.15, 0.2) is 0 Å². The molecule has 2 atom stereocenters. The fraction of sp³-hybridized carbons (Fsp3) is 0.560. The summed E-state index contributed by atoms with van der Waals surface area (Å²) in [6, 6.07) is 9.71. The lowest BCUT2D eigenvalue weighted by molar-refractivity contribution is -0.135. The van der Waals surface area contributed by atoms with Crippen LogP contribution < -0.4 is 0 Å². The van der Waals surface area contributed by atoms with E-state index in [0.717, 1.165) is 56.3 Å². The monoisotopic (exact) mass is 456 g/mol. The van der Waals surface area contributed by atoms with E-state index >= 15 is 0 Å². The van der Waals surface area contributed by atoms with Gasteiger partial charge < -0.3 is 9.80 Å². The van der Waals surface area contributed by atoms with Crippen molar-refractivity contribution in [3.05, 3.63) is 41.0 Å². The minimum atomic E-state index is -0.109. The molecule has 3 heterocycles. The summed E-state index contributed by atoms with van der Waals surface area (Å²) in [4.78, 5) is 30.1. The molecule has 1 aromatic carbocycles. The van der Waals surface area contributed by atoms with E-state index in [2.05, 4.69) is 13.8 Å². The summed E-state index contributed by atoms with van der Waals surface area (Å²) >= 11 is 6.04. The molecule has 0 spiro atoms. The molecule has 172 valence electrons. The molecule has 0 aliphatic carbocycles. The van der Waals surface area contributed by atoms with E-state index in [1.54, 1.807) is 4.90 Å². The zero-order valence-corrected chi connectivity index (χ0v) is 19.9. The topological polar surface area (TPSA) is 58.4 Å². The molecule has 0 saturated carbocycles. The molecule has 1 fully saturated rings. The number of aromatic nitrogens is 2. The highest BCUT2D eigenvalue weighted by Crippen LogP contribution is 2.30. The average molecular weight is 457 g/mol. The van der Waals surface area contributed by atoms with Crippen molar-refractivity contribution in [1.29, 1.82) is 0 Å². The van der Waals surface area contributed by atoms with Crippen molar-refractivity contribution in [2.75, 3.05) is 19.6 Å². The third-order valence-corrected chi connectivity index (χ3v) is 7.00. The van der Waals surface area contributed by atoms with Crippen molar-refractivity contribution in [3.8, 4) is 11.3 Å². The first kappa shape index (κ1) is 22.8. The van der Waals surface area contributed by atoms with Crippen LogP contribution in [0, 0.1) is 0 Å². The Bertz CT molecular complexity index is 955. The van der Waals surface area contributed by atoms with E-state index in [0.29, 0.717) is 17.3 Å². The second-order valence-corrected chi connectivity index (χ2v) is 9.57. The van der Waals surface area contributed by atoms with Crippen molar-refractivity contribution in [3.63, 3.8) is 0 Å². The number of carbonyl (C=O) groups excluding carboxylic acids is 2. The van der Waals surface area contributed by atoms with E-state index in [1.807, 2.05) is 39.9 Å². The largest absolute Gasteiger partial charge is 0.338 e. The standard InChI is InChI=1S/C25H33ClN4O2/c1-3-4-5-9-21-16-28(17-24(31)29-14-7-6-8-18(29)2)25(32)23-15-22(27-30(21)23)19-10-12-20(26)13-11-19/h10-13,15,18,21H,3-9,14,16-17H2,1-2H3. The van der Waals surface area contributed by atoms with Gasteiger partial charge >= 0.3 is 0 Å². The molecule has 4 rings (SSSR count). The van der Waals surface area contributed by atoms with Crippen LogP contribution in [0.4, 0.5) is 0 Å². The summed E-state index contributed by atoms with van der Waals surface area (Å²) in [6.07, 6.45) is 7.56. The molecule has 2 unspecified atom stereocenters. The molecule has 1 saturated heterocycles. The SMILES string of the molecule is CCCCCC1CN(CC(=O)N2CCCCC2C)C(=O)c2cc(-c3ccc(Cl)cc3)nn21. The van der Waals surface area contributed by atoms with Crippen LogP contribution in [-0.2, 0) is 4.79 Å². The summed E-state index contributed by atoms with van der Waals surface area (Å²) in [5, 5.41) is 5.48. The van der Waals surface area contributed by atoms with Crippen molar-refractivity contribution in [2.45, 2.75) is 70.9 Å². The number of hydrogen-bond donors (Lipinski definition) is 0. The average Bonchev–Trinajstić information content (AvgIpc) is 3.23. The maximum atomic E-state index is 13.4. The van der Waals surface area contributed by atoms with E-state index < -0.39 is 0 Å². The van der Waals surface area contributed by atoms with Gasteiger partial charge in [-0.3, -0.25) is 14.3 Å². The first-order valence-corrected chi connectivity index (χ1v) is 12.3. The zero-order valence-electron chi connectivity index (χ0n) is 19.1. The number of rotatable bonds is 7. The van der Waals surface area contributed by atoms with E-state index in [4.69, 9.17) is 16.7 Å². The van der Waals surface area contributed by atoms with Crippen molar-refractivity contribution in [2.24, 2.45) is 0 Å². The van der Waals surface area contributed by atoms with Crippen LogP contribution in [0.3, 0.4) is 0 Å². The van der Waals surface area contributed by atoms with Gasteiger partial charge in [0.2, 0.25) is 5.91 Å². The molecule has 6 nitrogen and oxygen atoms in total. The lowest BCUT2D eigenvalue weighted by atomic mass is 10.0. The number of carbonyl (C=O) groups is 2. The van der Waals surface area contributed by atoms with Gasteiger partial charge in [-0.25, -0.2) is 0 Å². The predicted octanol–water partition coefficient (Wildman–Crippen LogP) is 5.18. The van der Waals surface area contributed by atoms with Crippen molar-refractivity contribution in [1.82, 2.24) is 19.6 Å². The first-order valence-electron chi connectivity index (χ1n) is 11.9. The Balaban J connectivity index is 1.58. The Morgan fingerprint density at radius 2 is 1.97 bits per heavy atom. The quantitative estimate of drug-likeness (QED) is 0.539. The predicted molar refractivity (Wildman–Crippen MR) is 127 cm³/mol. The molecule has 2 aliphatic rings. The fourth-order valence-electron chi connectivity index (χ4n) is 4.87. The maximum absolute atomic E-state index is 13.4. The number of unbranched alkanes of at least 4 members (excludes halogenated alkanes) is 2. The van der Waals surface area contributed by atoms with Crippen molar-refractivity contribution < 1.29 is 9.59 Å². The second-order valence-electron chi connectivity index (χ2n) is 9.13. The number of nitrogens with zero attached hydrogens (tertiary/aromatic N) is 4. The summed E-state index contributed by atoms with van der Waals surface area (Å²) < 4.78 is 1.90. The molecule has 32 heavy (non-hydrogen) atoms. The Morgan fingerprint density at radius 1 is 1.19 bits per heavy atom. The highest BCUT2D eigenvalue weighted by atomic mass is 35.5. The highest BCUT2D eigenvalue weighted by Gasteiger charge is 2.35. The van der Waals surface area contributed by atoms with Gasteiger partial charge in [-0.05, 0) is 50.8 Å². The van der Waals surface area contributed by atoms with Crippen LogP contribution in [0.2, 0.25) is 5.02 Å². The van der Waals surface area contributed by atoms with Gasteiger partial charge in [-0.15, -0.1) is 0 Å². The van der Waals surface area contributed by atoms with Crippen LogP contribution in [0.15, 0.2) is 30.3 Å². The molecule has 0 bridgehead atoms. The lowest BCUT2D eigenvalue weighted by Crippen LogP contribution is -2.51. The summed E-state index contributed by atoms with van der Waals surface area (Å²) in [5.74, 6) is -0.0498. The number of hydrogen-bond acceptors (Lipinski definition) is 3. The minimum absolute atomic E-state index is 0.0590. The Morgan fingerprint density at radius 3 is 2.69 bits per heavy atom. The first-order chi connectivity index (χ1) is 15.5. The van der Waals surface area contributed by atoms with Crippen molar-refractivity contribution >= 4 is 23.4 Å². The molecule has 1 aromatic heterocycles. The van der Waals surface area contributed by atoms with Gasteiger partial charge in [-0.2, -0.15) is 5.10 Å². The molecule has 2 aliphatic heterocycles. The van der Waals surface area contributed by atoms with E-state index in [9.17, 15) is 9.59 Å². The molecule has 2 amide bonds. The van der Waals surface area contributed by atoms with Crippen LogP contribution in [0.1, 0.15) is 75.3 Å².